The van der Waals surface area contributed by atoms with Crippen molar-refractivity contribution in [2.45, 2.75) is 13.3 Å². The molecule has 0 unspecified atom stereocenters. The van der Waals surface area contributed by atoms with Crippen LogP contribution in [0.5, 0.6) is 0 Å². The monoisotopic (exact) mass is 169 g/mol. The third kappa shape index (κ3) is 1.75. The summed E-state index contributed by atoms with van der Waals surface area (Å²) in [5.41, 5.74) is 0. The van der Waals surface area contributed by atoms with Crippen LogP contribution in [0.4, 0.5) is 0 Å². The molecule has 0 aliphatic carbocycles. The van der Waals surface area contributed by atoms with Crippen molar-refractivity contribution in [2.75, 3.05) is 26.7 Å². The Bertz CT molecular complexity index is 200. The Kier molecular flexibility index (Phi) is 2.68. The highest BCUT2D eigenvalue weighted by Crippen LogP contribution is 2.02. The highest BCUT2D eigenvalue weighted by atomic mass is 16.2. The van der Waals surface area contributed by atoms with Gasteiger partial charge in [0.15, 0.2) is 0 Å². The summed E-state index contributed by atoms with van der Waals surface area (Å²) in [4.78, 5) is 14.8. The fourth-order valence-electron chi connectivity index (χ4n) is 1.21. The van der Waals surface area contributed by atoms with Crippen LogP contribution in [-0.4, -0.2) is 48.2 Å². The van der Waals surface area contributed by atoms with Gasteiger partial charge in [-0.2, -0.15) is 0 Å². The summed E-state index contributed by atoms with van der Waals surface area (Å²) in [5, 5.41) is 7.54. The first kappa shape index (κ1) is 9.03. The van der Waals surface area contributed by atoms with Crippen LogP contribution < -0.4 is 0 Å². The van der Waals surface area contributed by atoms with Crippen LogP contribution in [-0.2, 0) is 4.79 Å². The fraction of sp³-hybridized carbons (Fsp3) is 0.750. The summed E-state index contributed by atoms with van der Waals surface area (Å²) in [6.07, 6.45) is 0.705. The number of rotatable bonds is 1. The SMILES string of the molecule is CCC(=N)N1CCN(C)C(=O)C1. The smallest absolute Gasteiger partial charge is 0.241 e. The summed E-state index contributed by atoms with van der Waals surface area (Å²) >= 11 is 0. The van der Waals surface area contributed by atoms with E-state index in [1.165, 1.54) is 0 Å². The van der Waals surface area contributed by atoms with Gasteiger partial charge in [0.05, 0.1) is 12.4 Å². The number of hydrogen-bond donors (Lipinski definition) is 1. The Hall–Kier alpha value is -1.06. The van der Waals surface area contributed by atoms with Gasteiger partial charge >= 0.3 is 0 Å². The molecule has 0 aromatic heterocycles. The predicted octanol–water partition coefficient (Wildman–Crippen LogP) is 0.148. The lowest BCUT2D eigenvalue weighted by atomic mass is 10.3. The van der Waals surface area contributed by atoms with Crippen molar-refractivity contribution in [2.24, 2.45) is 0 Å². The van der Waals surface area contributed by atoms with Crippen molar-refractivity contribution in [3.05, 3.63) is 0 Å². The van der Waals surface area contributed by atoms with Crippen LogP contribution in [0.25, 0.3) is 0 Å². The molecular formula is C8H15N3O. The van der Waals surface area contributed by atoms with Crippen LogP contribution in [0.2, 0.25) is 0 Å². The van der Waals surface area contributed by atoms with Crippen molar-refractivity contribution in [1.82, 2.24) is 9.80 Å². The predicted molar refractivity (Wildman–Crippen MR) is 47.2 cm³/mol. The topological polar surface area (TPSA) is 47.4 Å². The Morgan fingerprint density at radius 3 is 2.75 bits per heavy atom. The second-order valence-corrected chi connectivity index (χ2v) is 3.04. The molecule has 1 amide bonds. The number of carbonyl (C=O) groups excluding carboxylic acids is 1. The number of likely N-dealkylation sites (N-methyl/N-ethyl adjacent to an activating group) is 1. The summed E-state index contributed by atoms with van der Waals surface area (Å²) in [7, 11) is 1.80. The van der Waals surface area contributed by atoms with Crippen molar-refractivity contribution >= 4 is 11.7 Å². The molecule has 1 rings (SSSR count). The summed E-state index contributed by atoms with van der Waals surface area (Å²) < 4.78 is 0. The molecule has 0 atom stereocenters. The first-order chi connectivity index (χ1) is 5.65. The summed E-state index contributed by atoms with van der Waals surface area (Å²) in [5.74, 6) is 0.677. The maximum absolute atomic E-state index is 11.2. The van der Waals surface area contributed by atoms with Crippen LogP contribution in [0.15, 0.2) is 0 Å². The van der Waals surface area contributed by atoms with Crippen molar-refractivity contribution in [3.8, 4) is 0 Å². The van der Waals surface area contributed by atoms with Gasteiger partial charge < -0.3 is 9.80 Å². The Morgan fingerprint density at radius 2 is 2.25 bits per heavy atom. The second-order valence-electron chi connectivity index (χ2n) is 3.04. The van der Waals surface area contributed by atoms with E-state index in [-0.39, 0.29) is 5.91 Å². The average molecular weight is 169 g/mol. The van der Waals surface area contributed by atoms with E-state index in [1.807, 2.05) is 11.8 Å². The van der Waals surface area contributed by atoms with E-state index >= 15 is 0 Å². The lowest BCUT2D eigenvalue weighted by Crippen LogP contribution is -2.50. The van der Waals surface area contributed by atoms with E-state index in [2.05, 4.69) is 0 Å². The zero-order valence-corrected chi connectivity index (χ0v) is 7.63. The number of hydrogen-bond acceptors (Lipinski definition) is 2. The molecule has 1 saturated heterocycles. The number of piperazine rings is 1. The van der Waals surface area contributed by atoms with Gasteiger partial charge in [-0.15, -0.1) is 0 Å². The van der Waals surface area contributed by atoms with Gasteiger partial charge in [-0.25, -0.2) is 0 Å². The molecule has 4 nitrogen and oxygen atoms in total. The van der Waals surface area contributed by atoms with Gasteiger partial charge in [0.25, 0.3) is 0 Å². The molecule has 1 aliphatic heterocycles. The van der Waals surface area contributed by atoms with Gasteiger partial charge in [-0.3, -0.25) is 10.2 Å². The van der Waals surface area contributed by atoms with E-state index in [4.69, 9.17) is 5.41 Å². The second kappa shape index (κ2) is 3.56. The molecule has 0 bridgehead atoms. The quantitative estimate of drug-likeness (QED) is 0.448. The van der Waals surface area contributed by atoms with Gasteiger partial charge in [0, 0.05) is 26.6 Å². The minimum Gasteiger partial charge on any atom is -0.349 e. The largest absolute Gasteiger partial charge is 0.349 e. The first-order valence-electron chi connectivity index (χ1n) is 4.21. The van der Waals surface area contributed by atoms with E-state index in [0.29, 0.717) is 18.8 Å². The van der Waals surface area contributed by atoms with Crippen LogP contribution in [0, 0.1) is 5.41 Å². The third-order valence-corrected chi connectivity index (χ3v) is 2.17. The molecule has 4 heteroatoms. The molecule has 1 fully saturated rings. The molecule has 0 radical (unpaired) electrons. The highest BCUT2D eigenvalue weighted by Gasteiger charge is 2.21. The Morgan fingerprint density at radius 1 is 1.58 bits per heavy atom. The van der Waals surface area contributed by atoms with Crippen LogP contribution in [0.3, 0.4) is 0 Å². The average Bonchev–Trinajstić information content (AvgIpc) is 2.08. The fourth-order valence-corrected chi connectivity index (χ4v) is 1.21. The van der Waals surface area contributed by atoms with Gasteiger partial charge in [0.2, 0.25) is 5.91 Å². The number of nitrogens with one attached hydrogen (secondary N) is 1. The normalized spacial score (nSPS) is 18.3. The molecule has 0 saturated carbocycles. The van der Waals surface area contributed by atoms with Crippen LogP contribution in [0.1, 0.15) is 13.3 Å². The van der Waals surface area contributed by atoms with E-state index in [0.717, 1.165) is 13.1 Å². The zero-order chi connectivity index (χ0) is 9.14. The molecule has 12 heavy (non-hydrogen) atoms. The van der Waals surface area contributed by atoms with Gasteiger partial charge in [-0.05, 0) is 0 Å². The zero-order valence-electron chi connectivity index (χ0n) is 7.63. The number of carbonyl (C=O) groups is 1. The van der Waals surface area contributed by atoms with Crippen molar-refractivity contribution in [1.29, 1.82) is 5.41 Å². The standard InChI is InChI=1S/C8H15N3O/c1-3-7(9)11-5-4-10(2)8(12)6-11/h9H,3-6H2,1-2H3. The molecule has 0 aromatic carbocycles. The van der Waals surface area contributed by atoms with E-state index in [1.54, 1.807) is 11.9 Å². The van der Waals surface area contributed by atoms with E-state index in [9.17, 15) is 4.79 Å². The molecule has 1 aliphatic rings. The molecular weight excluding hydrogens is 154 g/mol. The molecule has 0 aromatic rings. The highest BCUT2D eigenvalue weighted by molar-refractivity contribution is 5.86. The third-order valence-electron chi connectivity index (χ3n) is 2.17. The molecule has 1 N–H and O–H groups in total. The van der Waals surface area contributed by atoms with Crippen molar-refractivity contribution in [3.63, 3.8) is 0 Å². The first-order valence-corrected chi connectivity index (χ1v) is 4.21. The Balaban J connectivity index is 2.51. The van der Waals surface area contributed by atoms with Gasteiger partial charge in [0.1, 0.15) is 0 Å². The number of amidine groups is 1. The summed E-state index contributed by atoms with van der Waals surface area (Å²) in [6, 6.07) is 0. The number of amides is 1. The van der Waals surface area contributed by atoms with Gasteiger partial charge in [-0.1, -0.05) is 6.92 Å². The minimum absolute atomic E-state index is 0.111. The lowest BCUT2D eigenvalue weighted by molar-refractivity contribution is -0.132. The Labute approximate surface area is 72.7 Å². The molecule has 0 spiro atoms. The molecule has 1 heterocycles. The number of nitrogens with zero attached hydrogens (tertiary/aromatic N) is 2. The minimum atomic E-state index is 0.111. The summed E-state index contributed by atoms with van der Waals surface area (Å²) in [6.45, 7) is 3.85. The maximum Gasteiger partial charge on any atom is 0.241 e. The van der Waals surface area contributed by atoms with Crippen LogP contribution >= 0.6 is 0 Å². The van der Waals surface area contributed by atoms with Crippen molar-refractivity contribution < 1.29 is 4.79 Å². The molecule has 68 valence electrons. The maximum atomic E-state index is 11.2. The van der Waals surface area contributed by atoms with E-state index < -0.39 is 0 Å². The lowest BCUT2D eigenvalue weighted by Gasteiger charge is -2.33.